The molecule has 0 radical (unpaired) electrons. The van der Waals surface area contributed by atoms with E-state index in [-0.39, 0.29) is 12.5 Å². The minimum Gasteiger partial charge on any atom is -0.488 e. The lowest BCUT2D eigenvalue weighted by Gasteiger charge is -2.16. The zero-order valence-electron chi connectivity index (χ0n) is 13.7. The van der Waals surface area contributed by atoms with Crippen LogP contribution in [0.1, 0.15) is 26.9 Å². The van der Waals surface area contributed by atoms with Crippen LogP contribution in [0.5, 0.6) is 5.75 Å². The van der Waals surface area contributed by atoms with E-state index in [1.54, 1.807) is 24.3 Å². The van der Waals surface area contributed by atoms with E-state index in [9.17, 15) is 9.90 Å². The van der Waals surface area contributed by atoms with E-state index in [1.165, 1.54) is 11.3 Å². The molecule has 4 nitrogen and oxygen atoms in total. The topological polar surface area (TPSA) is 58.6 Å². The van der Waals surface area contributed by atoms with E-state index >= 15 is 0 Å². The van der Waals surface area contributed by atoms with E-state index in [0.29, 0.717) is 22.1 Å². The van der Waals surface area contributed by atoms with Gasteiger partial charge in [0, 0.05) is 27.6 Å². The first kappa shape index (κ1) is 17.1. The lowest BCUT2D eigenvalue weighted by atomic mass is 10.1. The van der Waals surface area contributed by atoms with Gasteiger partial charge in [0.1, 0.15) is 12.4 Å². The highest BCUT2D eigenvalue weighted by molar-refractivity contribution is 7.17. The van der Waals surface area contributed by atoms with E-state index < -0.39 is 6.10 Å². The monoisotopic (exact) mass is 385 g/mol. The van der Waals surface area contributed by atoms with Gasteiger partial charge in [-0.2, -0.15) is 0 Å². The number of carbonyl (C=O) groups excluding carboxylic acids is 1. The normalized spacial score (nSPS) is 13.3. The number of hydrogen-bond acceptors (Lipinski definition) is 4. The molecule has 1 aliphatic heterocycles. The third-order valence-electron chi connectivity index (χ3n) is 4.24. The van der Waals surface area contributed by atoms with Crippen LogP contribution >= 0.6 is 22.9 Å². The number of amides is 1. The van der Waals surface area contributed by atoms with Crippen LogP contribution in [0.3, 0.4) is 0 Å². The second-order valence-electron chi connectivity index (χ2n) is 6.03. The second-order valence-corrected chi connectivity index (χ2v) is 7.52. The van der Waals surface area contributed by atoms with Gasteiger partial charge in [0.25, 0.3) is 5.91 Å². The van der Waals surface area contributed by atoms with Crippen molar-refractivity contribution in [3.05, 3.63) is 75.6 Å². The Morgan fingerprint density at radius 2 is 2.08 bits per heavy atom. The zero-order chi connectivity index (χ0) is 18.1. The van der Waals surface area contributed by atoms with Crippen LogP contribution in [0.4, 0.5) is 0 Å². The number of carbonyl (C=O) groups is 1. The van der Waals surface area contributed by atoms with Crippen LogP contribution in [-0.4, -0.2) is 17.6 Å². The predicted octanol–water partition coefficient (Wildman–Crippen LogP) is 4.42. The molecule has 0 saturated carbocycles. The maximum Gasteiger partial charge on any atom is 0.261 e. The van der Waals surface area contributed by atoms with Crippen molar-refractivity contribution in [1.29, 1.82) is 0 Å². The first-order chi connectivity index (χ1) is 12.6. The molecule has 0 saturated heterocycles. The number of fused-ring (bicyclic) bond motifs is 3. The van der Waals surface area contributed by atoms with Gasteiger partial charge in [0.2, 0.25) is 0 Å². The van der Waals surface area contributed by atoms with E-state index in [2.05, 4.69) is 5.32 Å². The van der Waals surface area contributed by atoms with Crippen molar-refractivity contribution in [2.75, 3.05) is 6.54 Å². The minimum absolute atomic E-state index is 0.120. The molecule has 1 aromatic heterocycles. The number of halogens is 1. The van der Waals surface area contributed by atoms with Crippen molar-refractivity contribution in [2.45, 2.75) is 12.7 Å². The summed E-state index contributed by atoms with van der Waals surface area (Å²) in [5.74, 6) is 0.633. The first-order valence-electron chi connectivity index (χ1n) is 8.18. The number of ether oxygens (including phenoxy) is 1. The number of aliphatic hydroxyl groups is 1. The molecular formula is C20H16ClNO3S. The smallest absolute Gasteiger partial charge is 0.261 e. The lowest BCUT2D eigenvalue weighted by Crippen LogP contribution is -2.27. The third-order valence-corrected chi connectivity index (χ3v) is 5.68. The standard InChI is InChI=1S/C20H16ClNO3S/c21-14-5-3-4-12(8-14)16(23)10-22-20(24)18-9-13-11-25-17-7-2-1-6-15(17)19(13)26-18/h1-9,16,23H,10-11H2,(H,22,24)/t16-/m0/s1. The molecule has 132 valence electrons. The van der Waals surface area contributed by atoms with Gasteiger partial charge >= 0.3 is 0 Å². The number of rotatable bonds is 4. The highest BCUT2D eigenvalue weighted by Crippen LogP contribution is 2.42. The summed E-state index contributed by atoms with van der Waals surface area (Å²) in [6, 6.07) is 16.7. The van der Waals surface area contributed by atoms with Gasteiger partial charge in [-0.1, -0.05) is 35.9 Å². The molecule has 0 bridgehead atoms. The van der Waals surface area contributed by atoms with Crippen LogP contribution in [0.2, 0.25) is 5.02 Å². The Kier molecular flexibility index (Phi) is 4.68. The van der Waals surface area contributed by atoms with Crippen molar-refractivity contribution < 1.29 is 14.6 Å². The van der Waals surface area contributed by atoms with Gasteiger partial charge in [-0.15, -0.1) is 11.3 Å². The molecule has 2 heterocycles. The number of aliphatic hydroxyl groups excluding tert-OH is 1. The highest BCUT2D eigenvalue weighted by Gasteiger charge is 2.22. The summed E-state index contributed by atoms with van der Waals surface area (Å²) in [5, 5.41) is 13.6. The fourth-order valence-electron chi connectivity index (χ4n) is 2.92. The van der Waals surface area contributed by atoms with Gasteiger partial charge in [0.05, 0.1) is 11.0 Å². The van der Waals surface area contributed by atoms with E-state index in [4.69, 9.17) is 16.3 Å². The van der Waals surface area contributed by atoms with Crippen molar-refractivity contribution in [1.82, 2.24) is 5.32 Å². The first-order valence-corrected chi connectivity index (χ1v) is 9.38. The third kappa shape index (κ3) is 3.33. The van der Waals surface area contributed by atoms with Crippen molar-refractivity contribution in [3.8, 4) is 16.2 Å². The van der Waals surface area contributed by atoms with Crippen LogP contribution in [0.25, 0.3) is 10.4 Å². The minimum atomic E-state index is -0.809. The number of hydrogen-bond donors (Lipinski definition) is 2. The lowest BCUT2D eigenvalue weighted by molar-refractivity contribution is 0.0920. The van der Waals surface area contributed by atoms with Crippen molar-refractivity contribution in [3.63, 3.8) is 0 Å². The van der Waals surface area contributed by atoms with Gasteiger partial charge in [-0.05, 0) is 35.9 Å². The summed E-state index contributed by atoms with van der Waals surface area (Å²) in [6.07, 6.45) is -0.809. The molecule has 0 spiro atoms. The molecule has 0 aliphatic carbocycles. The number of para-hydroxylation sites is 1. The molecule has 1 atom stereocenters. The summed E-state index contributed by atoms with van der Waals surface area (Å²) in [6.45, 7) is 0.579. The maximum absolute atomic E-state index is 12.5. The summed E-state index contributed by atoms with van der Waals surface area (Å²) in [5.41, 5.74) is 2.69. The van der Waals surface area contributed by atoms with Gasteiger partial charge < -0.3 is 15.2 Å². The Labute approximate surface area is 160 Å². The molecule has 3 aromatic rings. The molecule has 0 fully saturated rings. The average Bonchev–Trinajstić information content (AvgIpc) is 3.11. The fourth-order valence-corrected chi connectivity index (χ4v) is 4.23. The summed E-state index contributed by atoms with van der Waals surface area (Å²) >= 11 is 7.38. The zero-order valence-corrected chi connectivity index (χ0v) is 15.3. The maximum atomic E-state index is 12.5. The molecule has 1 amide bonds. The number of thiophene rings is 1. The molecule has 4 rings (SSSR count). The van der Waals surface area contributed by atoms with E-state index in [0.717, 1.165) is 21.8 Å². The van der Waals surface area contributed by atoms with E-state index in [1.807, 2.05) is 30.3 Å². The average molecular weight is 386 g/mol. The fraction of sp³-hybridized carbons (Fsp3) is 0.150. The van der Waals surface area contributed by atoms with Crippen molar-refractivity contribution in [2.24, 2.45) is 0 Å². The molecule has 6 heteroatoms. The highest BCUT2D eigenvalue weighted by atomic mass is 35.5. The van der Waals surface area contributed by atoms with Crippen LogP contribution < -0.4 is 10.1 Å². The SMILES string of the molecule is O=C(NC[C@H](O)c1cccc(Cl)c1)c1cc2c(s1)-c1ccccc1OC2. The Balaban J connectivity index is 1.48. The molecule has 1 aliphatic rings. The quantitative estimate of drug-likeness (QED) is 0.698. The molecule has 2 aromatic carbocycles. The second kappa shape index (κ2) is 7.11. The Hall–Kier alpha value is -2.34. The Morgan fingerprint density at radius 3 is 2.92 bits per heavy atom. The Bertz CT molecular complexity index is 969. The largest absolute Gasteiger partial charge is 0.488 e. The summed E-state index contributed by atoms with van der Waals surface area (Å²) in [4.78, 5) is 14.2. The molecule has 26 heavy (non-hydrogen) atoms. The van der Waals surface area contributed by atoms with Crippen LogP contribution in [0.15, 0.2) is 54.6 Å². The predicted molar refractivity (Wildman–Crippen MR) is 103 cm³/mol. The van der Waals surface area contributed by atoms with Crippen LogP contribution in [0, 0.1) is 0 Å². The number of nitrogens with one attached hydrogen (secondary N) is 1. The van der Waals surface area contributed by atoms with Crippen LogP contribution in [-0.2, 0) is 6.61 Å². The summed E-state index contributed by atoms with van der Waals surface area (Å²) < 4.78 is 5.73. The summed E-state index contributed by atoms with van der Waals surface area (Å²) in [7, 11) is 0. The van der Waals surface area contributed by atoms with Gasteiger partial charge in [-0.25, -0.2) is 0 Å². The number of benzene rings is 2. The molecule has 2 N–H and O–H groups in total. The van der Waals surface area contributed by atoms with Gasteiger partial charge in [0.15, 0.2) is 0 Å². The molecular weight excluding hydrogens is 370 g/mol. The van der Waals surface area contributed by atoms with Crippen molar-refractivity contribution >= 4 is 28.8 Å². The Morgan fingerprint density at radius 1 is 1.23 bits per heavy atom. The molecule has 0 unspecified atom stereocenters. The van der Waals surface area contributed by atoms with Gasteiger partial charge in [-0.3, -0.25) is 4.79 Å².